The summed E-state index contributed by atoms with van der Waals surface area (Å²) in [4.78, 5) is 12.8. The molecule has 1 atom stereocenters. The van der Waals surface area contributed by atoms with Crippen molar-refractivity contribution in [1.82, 2.24) is 19.4 Å². The van der Waals surface area contributed by atoms with Crippen LogP contribution < -0.4 is 0 Å². The summed E-state index contributed by atoms with van der Waals surface area (Å²) < 4.78 is 45.7. The van der Waals surface area contributed by atoms with E-state index in [-0.39, 0.29) is 24.4 Å². The van der Waals surface area contributed by atoms with Gasteiger partial charge in [0.05, 0.1) is 17.8 Å². The smallest absolute Gasteiger partial charge is 0.391 e. The van der Waals surface area contributed by atoms with Crippen molar-refractivity contribution >= 4 is 5.65 Å². The van der Waals surface area contributed by atoms with Gasteiger partial charge in [0.2, 0.25) is 0 Å². The molecule has 0 N–H and O–H groups in total. The molecular weight excluding hydrogens is 395 g/mol. The maximum absolute atomic E-state index is 12.7. The summed E-state index contributed by atoms with van der Waals surface area (Å²) in [7, 11) is 0. The van der Waals surface area contributed by atoms with Crippen LogP contribution in [0.5, 0.6) is 0 Å². The van der Waals surface area contributed by atoms with Crippen LogP contribution in [0.15, 0.2) is 53.5 Å². The number of fused-ring (bicyclic) bond motifs is 1. The van der Waals surface area contributed by atoms with Crippen LogP contribution in [-0.2, 0) is 6.42 Å². The molecule has 30 heavy (non-hydrogen) atoms. The van der Waals surface area contributed by atoms with Gasteiger partial charge in [-0.3, -0.25) is 0 Å². The van der Waals surface area contributed by atoms with Gasteiger partial charge < -0.3 is 8.82 Å². The van der Waals surface area contributed by atoms with E-state index >= 15 is 0 Å². The average molecular weight is 411 g/mol. The number of aryl methyl sites for hydroxylation is 1. The average Bonchev–Trinajstić information content (AvgIpc) is 3.39. The van der Waals surface area contributed by atoms with Crippen LogP contribution >= 0.6 is 0 Å². The summed E-state index contributed by atoms with van der Waals surface area (Å²) in [6.07, 6.45) is 2.48. The molecule has 4 aromatic heterocycles. The highest BCUT2D eigenvalue weighted by Gasteiger charge is 2.35. The number of pyridine rings is 2. The lowest BCUT2D eigenvalue weighted by atomic mass is 10.0. The van der Waals surface area contributed by atoms with Crippen molar-refractivity contribution in [2.75, 3.05) is 0 Å². The Bertz CT molecular complexity index is 1240. The minimum atomic E-state index is -4.24. The van der Waals surface area contributed by atoms with Gasteiger partial charge >= 0.3 is 6.18 Å². The van der Waals surface area contributed by atoms with Crippen LogP contribution in [-0.4, -0.2) is 25.5 Å². The van der Waals surface area contributed by atoms with E-state index in [1.54, 1.807) is 18.3 Å². The molecule has 0 aliphatic rings. The van der Waals surface area contributed by atoms with Crippen LogP contribution in [0.4, 0.5) is 13.2 Å². The molecule has 6 nitrogen and oxygen atoms in total. The predicted molar refractivity (Wildman–Crippen MR) is 102 cm³/mol. The van der Waals surface area contributed by atoms with Crippen LogP contribution in [0.1, 0.15) is 24.9 Å². The zero-order chi connectivity index (χ0) is 21.3. The van der Waals surface area contributed by atoms with E-state index in [1.165, 1.54) is 6.20 Å². The van der Waals surface area contributed by atoms with Gasteiger partial charge in [0.25, 0.3) is 0 Å². The Kier molecular flexibility index (Phi) is 4.99. The second-order valence-electron chi connectivity index (χ2n) is 6.91. The van der Waals surface area contributed by atoms with E-state index in [0.717, 1.165) is 12.5 Å². The summed E-state index contributed by atoms with van der Waals surface area (Å²) in [6, 6.07) is 8.93. The number of nitriles is 1. The summed E-state index contributed by atoms with van der Waals surface area (Å²) in [5.74, 6) is -0.846. The van der Waals surface area contributed by atoms with Crippen LogP contribution in [0, 0.1) is 17.2 Å². The Balaban J connectivity index is 1.68. The molecule has 4 aromatic rings. The third kappa shape index (κ3) is 3.89. The number of aromatic nitrogens is 4. The largest absolute Gasteiger partial charge is 0.441 e. The molecule has 4 heterocycles. The van der Waals surface area contributed by atoms with Gasteiger partial charge in [-0.25, -0.2) is 15.0 Å². The Morgan fingerprint density at radius 2 is 2.03 bits per heavy atom. The monoisotopic (exact) mass is 411 g/mol. The quantitative estimate of drug-likeness (QED) is 0.459. The summed E-state index contributed by atoms with van der Waals surface area (Å²) >= 11 is 0. The number of imidazole rings is 1. The molecule has 0 saturated heterocycles. The second kappa shape index (κ2) is 7.63. The van der Waals surface area contributed by atoms with Gasteiger partial charge in [-0.2, -0.15) is 18.4 Å². The number of rotatable bonds is 5. The number of halogens is 3. The van der Waals surface area contributed by atoms with E-state index in [1.807, 2.05) is 35.0 Å². The van der Waals surface area contributed by atoms with Crippen molar-refractivity contribution in [2.24, 2.45) is 5.92 Å². The van der Waals surface area contributed by atoms with Crippen molar-refractivity contribution in [3.05, 3.63) is 60.6 Å². The van der Waals surface area contributed by atoms with Crippen LogP contribution in [0.25, 0.3) is 28.2 Å². The first-order valence-electron chi connectivity index (χ1n) is 9.21. The first-order chi connectivity index (χ1) is 14.3. The molecule has 0 bridgehead atoms. The minimum absolute atomic E-state index is 0.0692. The summed E-state index contributed by atoms with van der Waals surface area (Å²) in [5.41, 5.74) is 2.76. The third-order valence-electron chi connectivity index (χ3n) is 4.85. The van der Waals surface area contributed by atoms with E-state index < -0.39 is 12.1 Å². The normalized spacial score (nSPS) is 12.8. The SMILES string of the molecule is CC(CCc1ncc(-c2ccc(C#N)nc2-c2ccn3ccnc3c2)o1)C(F)(F)F. The Morgan fingerprint density at radius 1 is 1.20 bits per heavy atom. The fourth-order valence-corrected chi connectivity index (χ4v) is 3.05. The van der Waals surface area contributed by atoms with Gasteiger partial charge in [-0.1, -0.05) is 6.92 Å². The zero-order valence-electron chi connectivity index (χ0n) is 15.9. The maximum atomic E-state index is 12.7. The molecule has 0 aromatic carbocycles. The molecule has 0 saturated carbocycles. The lowest BCUT2D eigenvalue weighted by Crippen LogP contribution is -2.20. The van der Waals surface area contributed by atoms with E-state index in [4.69, 9.17) is 4.42 Å². The molecule has 0 aliphatic carbocycles. The Morgan fingerprint density at radius 3 is 2.80 bits per heavy atom. The molecule has 152 valence electrons. The molecule has 0 amide bonds. The highest BCUT2D eigenvalue weighted by molar-refractivity contribution is 5.79. The summed E-state index contributed by atoms with van der Waals surface area (Å²) in [5, 5.41) is 9.24. The fraction of sp³-hybridized carbons (Fsp3) is 0.238. The highest BCUT2D eigenvalue weighted by Crippen LogP contribution is 2.33. The predicted octanol–water partition coefficient (Wildman–Crippen LogP) is 5.05. The van der Waals surface area contributed by atoms with Gasteiger partial charge in [0.15, 0.2) is 11.7 Å². The lowest BCUT2D eigenvalue weighted by molar-refractivity contribution is -0.171. The molecule has 1 unspecified atom stereocenters. The van der Waals surface area contributed by atoms with Crippen molar-refractivity contribution in [2.45, 2.75) is 25.9 Å². The molecule has 0 radical (unpaired) electrons. The van der Waals surface area contributed by atoms with Crippen molar-refractivity contribution in [3.8, 4) is 28.7 Å². The van der Waals surface area contributed by atoms with Crippen molar-refractivity contribution < 1.29 is 17.6 Å². The molecular formula is C21H16F3N5O. The Hall–Kier alpha value is -3.67. The zero-order valence-corrected chi connectivity index (χ0v) is 15.9. The highest BCUT2D eigenvalue weighted by atomic mass is 19.4. The van der Waals surface area contributed by atoms with Gasteiger partial charge in [0.1, 0.15) is 17.4 Å². The Labute approximate surface area is 169 Å². The number of oxazole rings is 1. The second-order valence-corrected chi connectivity index (χ2v) is 6.91. The van der Waals surface area contributed by atoms with Gasteiger partial charge in [-0.15, -0.1) is 0 Å². The number of hydrogen-bond acceptors (Lipinski definition) is 5. The van der Waals surface area contributed by atoms with E-state index in [9.17, 15) is 18.4 Å². The molecule has 0 aliphatic heterocycles. The number of hydrogen-bond donors (Lipinski definition) is 0. The third-order valence-corrected chi connectivity index (χ3v) is 4.85. The van der Waals surface area contributed by atoms with Gasteiger partial charge in [-0.05, 0) is 30.7 Å². The lowest BCUT2D eigenvalue weighted by Gasteiger charge is -2.13. The maximum Gasteiger partial charge on any atom is 0.391 e. The van der Waals surface area contributed by atoms with Crippen molar-refractivity contribution in [1.29, 1.82) is 5.26 Å². The molecule has 4 rings (SSSR count). The van der Waals surface area contributed by atoms with E-state index in [2.05, 4.69) is 15.0 Å². The minimum Gasteiger partial charge on any atom is -0.441 e. The van der Waals surface area contributed by atoms with Crippen LogP contribution in [0.2, 0.25) is 0 Å². The molecule has 9 heteroatoms. The first kappa shape index (κ1) is 19.6. The molecule has 0 fully saturated rings. The van der Waals surface area contributed by atoms with Gasteiger partial charge in [0, 0.05) is 36.1 Å². The van der Waals surface area contributed by atoms with E-state index in [0.29, 0.717) is 22.7 Å². The first-order valence-corrected chi connectivity index (χ1v) is 9.21. The van der Waals surface area contributed by atoms with Crippen molar-refractivity contribution in [3.63, 3.8) is 0 Å². The number of nitrogens with zero attached hydrogens (tertiary/aromatic N) is 5. The molecule has 0 spiro atoms. The standard InChI is InChI=1S/C21H16F3N5O/c1-13(21(22,23)24)2-5-19-27-12-17(30-19)16-4-3-15(11-25)28-20(16)14-6-8-29-9-7-26-18(29)10-14/h3-4,6-10,12-13H,2,5H2,1H3. The topological polar surface area (TPSA) is 80.0 Å². The number of alkyl halides is 3. The van der Waals surface area contributed by atoms with Crippen LogP contribution in [0.3, 0.4) is 0 Å². The summed E-state index contributed by atoms with van der Waals surface area (Å²) in [6.45, 7) is 1.14. The fourth-order valence-electron chi connectivity index (χ4n) is 3.05.